The molecular formula is C83H99ClN14O13S2. The second-order valence-corrected chi connectivity index (χ2v) is 31.9. The van der Waals surface area contributed by atoms with Crippen molar-refractivity contribution < 1.29 is 62.3 Å². The van der Waals surface area contributed by atoms with Crippen LogP contribution in [0.5, 0.6) is 11.5 Å². The molecule has 113 heavy (non-hydrogen) atoms. The molecule has 3 aliphatic rings. The summed E-state index contributed by atoms with van der Waals surface area (Å²) in [4.78, 5) is 112. The fourth-order valence-corrected chi connectivity index (χ4v) is 16.2. The number of aromatic nitrogens is 7. The van der Waals surface area contributed by atoms with Gasteiger partial charge in [0.25, 0.3) is 0 Å². The number of likely N-dealkylation sites (N-methyl/N-ethyl adjacent to an activating group) is 1. The van der Waals surface area contributed by atoms with Crippen molar-refractivity contribution in [1.82, 2.24) is 65.2 Å². The summed E-state index contributed by atoms with van der Waals surface area (Å²) in [6.07, 6.45) is 8.79. The topological polar surface area (TPSA) is 304 Å². The second-order valence-electron chi connectivity index (χ2n) is 28.8. The molecule has 11 rings (SSSR count). The van der Waals surface area contributed by atoms with Crippen LogP contribution in [0.1, 0.15) is 106 Å². The number of fused-ring (bicyclic) bond motifs is 6. The van der Waals surface area contributed by atoms with E-state index in [1.165, 1.54) is 59.6 Å². The van der Waals surface area contributed by atoms with E-state index in [1.807, 2.05) is 110 Å². The van der Waals surface area contributed by atoms with Crippen LogP contribution in [-0.2, 0) is 95.3 Å². The lowest BCUT2D eigenvalue weighted by atomic mass is 9.83. The number of benzene rings is 3. The third kappa shape index (κ3) is 23.4. The number of para-hydroxylation sites is 1. The molecular weight excluding hydrogens is 1500 g/mol. The normalized spacial score (nSPS) is 20.8. The highest BCUT2D eigenvalue weighted by molar-refractivity contribution is 8.76. The fraction of sp³-hybridized carbons (Fsp3) is 0.422. The molecule has 0 spiro atoms. The molecule has 8 heterocycles. The average molecular weight is 1600 g/mol. The van der Waals surface area contributed by atoms with Crippen molar-refractivity contribution >= 4 is 85.6 Å². The number of carbonyl (C=O) groups excluding carboxylic acids is 6. The van der Waals surface area contributed by atoms with Crippen molar-refractivity contribution in [3.8, 4) is 11.5 Å². The highest BCUT2D eigenvalue weighted by Crippen LogP contribution is 2.49. The molecule has 1 unspecified atom stereocenters. The molecule has 4 bridgehead atoms. The number of rotatable bonds is 34. The highest BCUT2D eigenvalue weighted by atomic mass is 35.5. The van der Waals surface area contributed by atoms with Crippen LogP contribution in [-0.4, -0.2) is 197 Å². The first-order chi connectivity index (χ1) is 54.5. The van der Waals surface area contributed by atoms with E-state index in [4.69, 9.17) is 40.0 Å². The van der Waals surface area contributed by atoms with E-state index >= 15 is 0 Å². The first kappa shape index (κ1) is 84.1. The van der Waals surface area contributed by atoms with E-state index in [0.29, 0.717) is 99.3 Å². The number of unbranched alkanes of at least 4 members (excludes halogenated alkanes) is 1. The Balaban J connectivity index is 0.720. The maximum absolute atomic E-state index is 14.6. The van der Waals surface area contributed by atoms with E-state index in [9.17, 15) is 33.9 Å². The van der Waals surface area contributed by atoms with Crippen molar-refractivity contribution in [3.05, 3.63) is 220 Å². The van der Waals surface area contributed by atoms with Crippen molar-refractivity contribution in [3.63, 3.8) is 0 Å². The van der Waals surface area contributed by atoms with Crippen LogP contribution in [0.3, 0.4) is 0 Å². The van der Waals surface area contributed by atoms with Crippen LogP contribution in [0, 0.1) is 5.92 Å². The molecule has 2 fully saturated rings. The lowest BCUT2D eigenvalue weighted by molar-refractivity contribution is -0.162. The fourth-order valence-electron chi connectivity index (χ4n) is 14.0. The Bertz CT molecular complexity index is 4410. The van der Waals surface area contributed by atoms with Crippen LogP contribution < -0.4 is 25.0 Å². The Morgan fingerprint density at radius 2 is 1.38 bits per heavy atom. The van der Waals surface area contributed by atoms with Gasteiger partial charge in [0, 0.05) is 128 Å². The number of amides is 5. The van der Waals surface area contributed by atoms with Gasteiger partial charge in [0.15, 0.2) is 5.72 Å². The quantitative estimate of drug-likeness (QED) is 0.0146. The van der Waals surface area contributed by atoms with Crippen LogP contribution >= 0.6 is 33.2 Å². The minimum Gasteiger partial charge on any atom is -0.495 e. The van der Waals surface area contributed by atoms with Crippen LogP contribution in [0.15, 0.2) is 176 Å². The highest BCUT2D eigenvalue weighted by Gasteiger charge is 2.64. The van der Waals surface area contributed by atoms with Gasteiger partial charge in [-0.3, -0.25) is 54.2 Å². The summed E-state index contributed by atoms with van der Waals surface area (Å²) in [7, 11) is 8.78. The van der Waals surface area contributed by atoms with Crippen LogP contribution in [0.2, 0.25) is 5.02 Å². The molecule has 3 aliphatic heterocycles. The number of carbonyl (C=O) groups is 6. The predicted molar refractivity (Wildman–Crippen MR) is 431 cm³/mol. The van der Waals surface area contributed by atoms with Gasteiger partial charge in [0.2, 0.25) is 23.6 Å². The van der Waals surface area contributed by atoms with Gasteiger partial charge < -0.3 is 53.5 Å². The number of ether oxygens (including phenoxy) is 6. The molecule has 0 saturated carbocycles. The molecule has 8 atom stereocenters. The largest absolute Gasteiger partial charge is 0.495 e. The number of hydrogen-bond donors (Lipinski definition) is 3. The Labute approximate surface area is 671 Å². The van der Waals surface area contributed by atoms with Gasteiger partial charge in [-0.2, -0.15) is 0 Å². The third-order valence-corrected chi connectivity index (χ3v) is 23.1. The molecule has 3 N–H and O–H groups in total. The van der Waals surface area contributed by atoms with Gasteiger partial charge in [-0.1, -0.05) is 112 Å². The standard InChI is InChI=1S/C83H99ClN14O13S2/c1-56-22-21-29-72(107-8)83(105)47-71(109-81(104)90-83)57(2)79-82(4,111-79)73(46-77(102)94(6)69-44-59(40-56)45-70(106-7)78(69)84)110-80(103)58(3)93(5)75(100)30-38-112-113-39-31-76(101)97(54-74(99)89-55-98-68-28-10-9-27-67(68)91-92-98)36-19-20-37-108-66-42-60(48-95(50-62-23-11-15-32-85-62)51-63-24-12-16-33-86-63)41-61(43-66)49-96(52-64-25-13-17-34-87-64)53-65-26-14-18-35-88-65/h9-18,21-29,32-35,41-45,57-58,71-73,79,105H,19-20,30-31,36-40,46-55H2,1-8H3,(H,89,99)(H,90,104)/b29-21+,56-22+/t57-,58+,71+,72-,73+,79+,82?,83+/m1/s1. The van der Waals surface area contributed by atoms with E-state index in [2.05, 4.69) is 68.9 Å². The summed E-state index contributed by atoms with van der Waals surface area (Å²) >= 11 is 6.91. The third-order valence-electron chi connectivity index (χ3n) is 20.3. The summed E-state index contributed by atoms with van der Waals surface area (Å²) in [6, 6.07) is 40.0. The first-order valence-corrected chi connectivity index (χ1v) is 40.6. The molecule has 2 saturated heterocycles. The maximum Gasteiger partial charge on any atom is 0.409 e. The van der Waals surface area contributed by atoms with E-state index < -0.39 is 65.7 Å². The van der Waals surface area contributed by atoms with Gasteiger partial charge in [-0.25, -0.2) is 14.3 Å². The van der Waals surface area contributed by atoms with Gasteiger partial charge in [-0.15, -0.1) is 5.10 Å². The Morgan fingerprint density at radius 1 is 0.788 bits per heavy atom. The number of methoxy groups -OCH3 is 2. The Morgan fingerprint density at radius 3 is 1.96 bits per heavy atom. The van der Waals surface area contributed by atoms with Crippen molar-refractivity contribution in [2.24, 2.45) is 5.92 Å². The summed E-state index contributed by atoms with van der Waals surface area (Å²) in [5.41, 5.74) is 6.01. The summed E-state index contributed by atoms with van der Waals surface area (Å²) in [5.74, 6) is -1.13. The molecule has 598 valence electrons. The molecule has 30 heteroatoms. The number of halogens is 1. The summed E-state index contributed by atoms with van der Waals surface area (Å²) < 4.78 is 38.1. The smallest absolute Gasteiger partial charge is 0.409 e. The number of pyridine rings is 4. The minimum absolute atomic E-state index is 0.0281. The molecule has 5 aromatic heterocycles. The monoisotopic (exact) mass is 1600 g/mol. The maximum atomic E-state index is 14.6. The van der Waals surface area contributed by atoms with Gasteiger partial charge in [0.1, 0.15) is 58.7 Å². The van der Waals surface area contributed by atoms with Gasteiger partial charge >= 0.3 is 12.1 Å². The van der Waals surface area contributed by atoms with Crippen LogP contribution in [0.4, 0.5) is 10.5 Å². The molecule has 5 amide bonds. The SMILES string of the molecule is COc1cc2cc(c1Cl)N(C)C(=O)C[C@H](OC(=O)[C@H](C)N(C)C(=O)CCSSCCC(=O)N(CCCCOc1cc(CN(Cc3ccccn3)Cc3ccccn3)cc(CN(Cc3ccccn3)Cc3ccccn3)c1)CC(=O)NCn1nnc3ccccc31)C1(C)O[C@H]1[C@H](C)[C@@H]1C[C@@](O)(NC(=O)O1)[C@H](OC)/C=C/C=C(\C)C2. The number of nitrogens with one attached hydrogen (secondary N) is 2. The number of nitrogens with zero attached hydrogens (tertiary/aromatic N) is 12. The first-order valence-electron chi connectivity index (χ1n) is 37.8. The number of epoxide rings is 1. The van der Waals surface area contributed by atoms with Crippen molar-refractivity contribution in [2.75, 3.05) is 64.4 Å². The lowest BCUT2D eigenvalue weighted by Gasteiger charge is -2.42. The summed E-state index contributed by atoms with van der Waals surface area (Å²) in [5, 5.41) is 26.1. The zero-order valence-corrected chi connectivity index (χ0v) is 67.4. The molecule has 0 radical (unpaired) electrons. The van der Waals surface area contributed by atoms with Crippen LogP contribution in [0.25, 0.3) is 11.0 Å². The predicted octanol–water partition coefficient (Wildman–Crippen LogP) is 10.9. The molecule has 8 aromatic rings. The number of alkyl carbamates (subject to hydrolysis) is 1. The van der Waals surface area contributed by atoms with E-state index in [-0.39, 0.29) is 68.2 Å². The Kier molecular flexibility index (Phi) is 29.9. The molecule has 3 aromatic carbocycles. The van der Waals surface area contributed by atoms with Gasteiger partial charge in [0.05, 0.1) is 66.8 Å². The number of esters is 1. The van der Waals surface area contributed by atoms with Gasteiger partial charge in [-0.05, 0) is 142 Å². The minimum atomic E-state index is -1.89. The summed E-state index contributed by atoms with van der Waals surface area (Å²) in [6.45, 7) is 10.8. The number of hydrogen-bond acceptors (Lipinski definition) is 23. The Hall–Kier alpha value is -9.85. The number of allylic oxidation sites excluding steroid dienone is 3. The average Bonchev–Trinajstić information content (AvgIpc) is 1.57. The molecule has 27 nitrogen and oxygen atoms in total. The lowest BCUT2D eigenvalue weighted by Crippen LogP contribution is -2.63. The number of aliphatic hydroxyl groups is 1. The van der Waals surface area contributed by atoms with Crippen molar-refractivity contribution in [1.29, 1.82) is 0 Å². The van der Waals surface area contributed by atoms with E-state index in [1.54, 1.807) is 79.5 Å². The number of anilines is 1. The zero-order chi connectivity index (χ0) is 80.0. The molecule has 0 aliphatic carbocycles. The van der Waals surface area contributed by atoms with E-state index in [0.717, 1.165) is 50.6 Å². The zero-order valence-electron chi connectivity index (χ0n) is 65.0. The van der Waals surface area contributed by atoms with Crippen molar-refractivity contribution in [2.45, 2.75) is 160 Å². The second kappa shape index (κ2) is 40.2.